The van der Waals surface area contributed by atoms with E-state index < -0.39 is 10.0 Å². The van der Waals surface area contributed by atoms with Gasteiger partial charge in [0.2, 0.25) is 15.9 Å². The molecule has 2 rings (SSSR count). The van der Waals surface area contributed by atoms with Gasteiger partial charge in [-0.2, -0.15) is 0 Å². The predicted molar refractivity (Wildman–Crippen MR) is 93.1 cm³/mol. The fourth-order valence-electron chi connectivity index (χ4n) is 2.72. The second kappa shape index (κ2) is 8.60. The quantitative estimate of drug-likeness (QED) is 0.757. The second-order valence-electron chi connectivity index (χ2n) is 6.37. The van der Waals surface area contributed by atoms with E-state index in [1.165, 1.54) is 24.0 Å². The largest absolute Gasteiger partial charge is 0.379 e. The molecule has 1 aliphatic heterocycles. The highest BCUT2D eigenvalue weighted by Gasteiger charge is 2.33. The topological polar surface area (TPSA) is 75.7 Å². The molecule has 134 valence electrons. The summed E-state index contributed by atoms with van der Waals surface area (Å²) >= 11 is 0. The van der Waals surface area contributed by atoms with Crippen LogP contribution in [-0.4, -0.2) is 57.7 Å². The molecule has 0 aromatic heterocycles. The SMILES string of the molecule is CN(C)S(=O)(=O)C[C@@H]1COC[C@@H]1NC(=O)CCCc1ccccc1. The van der Waals surface area contributed by atoms with E-state index in [1.807, 2.05) is 30.3 Å². The first-order valence-electron chi connectivity index (χ1n) is 8.20. The van der Waals surface area contributed by atoms with Crippen LogP contribution in [0.25, 0.3) is 0 Å². The zero-order valence-electron chi connectivity index (χ0n) is 14.3. The van der Waals surface area contributed by atoms with E-state index in [9.17, 15) is 13.2 Å². The van der Waals surface area contributed by atoms with Crippen molar-refractivity contribution in [3.8, 4) is 0 Å². The Balaban J connectivity index is 1.78. The predicted octanol–water partition coefficient (Wildman–Crippen LogP) is 1.03. The maximum Gasteiger partial charge on any atom is 0.220 e. The molecule has 0 aliphatic carbocycles. The molecule has 24 heavy (non-hydrogen) atoms. The molecule has 1 aromatic carbocycles. The molecular weight excluding hydrogens is 328 g/mol. The van der Waals surface area contributed by atoms with Gasteiger partial charge < -0.3 is 10.1 Å². The number of rotatable bonds is 8. The van der Waals surface area contributed by atoms with Crippen LogP contribution in [0.1, 0.15) is 18.4 Å². The third-order valence-electron chi connectivity index (χ3n) is 4.24. The lowest BCUT2D eigenvalue weighted by Gasteiger charge is -2.21. The van der Waals surface area contributed by atoms with Gasteiger partial charge in [-0.25, -0.2) is 12.7 Å². The van der Waals surface area contributed by atoms with E-state index in [4.69, 9.17) is 4.74 Å². The molecule has 0 spiro atoms. The van der Waals surface area contributed by atoms with Crippen molar-refractivity contribution in [3.05, 3.63) is 35.9 Å². The molecule has 0 radical (unpaired) electrons. The van der Waals surface area contributed by atoms with Crippen molar-refractivity contribution in [1.82, 2.24) is 9.62 Å². The molecule has 1 heterocycles. The third kappa shape index (κ3) is 5.58. The van der Waals surface area contributed by atoms with Crippen molar-refractivity contribution in [2.45, 2.75) is 25.3 Å². The van der Waals surface area contributed by atoms with E-state index in [-0.39, 0.29) is 23.6 Å². The van der Waals surface area contributed by atoms with Gasteiger partial charge in [-0.1, -0.05) is 30.3 Å². The molecule has 0 bridgehead atoms. The Labute approximate surface area is 144 Å². The van der Waals surface area contributed by atoms with Crippen molar-refractivity contribution in [1.29, 1.82) is 0 Å². The Morgan fingerprint density at radius 1 is 1.25 bits per heavy atom. The van der Waals surface area contributed by atoms with Crippen molar-refractivity contribution in [3.63, 3.8) is 0 Å². The minimum Gasteiger partial charge on any atom is -0.379 e. The molecule has 1 aliphatic rings. The summed E-state index contributed by atoms with van der Waals surface area (Å²) in [7, 11) is -0.269. The number of hydrogen-bond donors (Lipinski definition) is 1. The van der Waals surface area contributed by atoms with Crippen molar-refractivity contribution < 1.29 is 17.9 Å². The van der Waals surface area contributed by atoms with Gasteiger partial charge in [-0.05, 0) is 18.4 Å². The molecule has 0 unspecified atom stereocenters. The Hall–Kier alpha value is -1.44. The number of nitrogens with one attached hydrogen (secondary N) is 1. The number of carbonyl (C=O) groups is 1. The number of carbonyl (C=O) groups excluding carboxylic acids is 1. The average Bonchev–Trinajstić information content (AvgIpc) is 2.94. The van der Waals surface area contributed by atoms with Crippen LogP contribution >= 0.6 is 0 Å². The highest BCUT2D eigenvalue weighted by Crippen LogP contribution is 2.17. The Morgan fingerprint density at radius 3 is 2.62 bits per heavy atom. The Morgan fingerprint density at radius 2 is 1.96 bits per heavy atom. The number of ether oxygens (including phenoxy) is 1. The van der Waals surface area contributed by atoms with Gasteiger partial charge in [0.1, 0.15) is 0 Å². The summed E-state index contributed by atoms with van der Waals surface area (Å²) < 4.78 is 30.6. The molecule has 2 atom stereocenters. The lowest BCUT2D eigenvalue weighted by atomic mass is 10.1. The Bertz CT molecular complexity index is 631. The first-order valence-corrected chi connectivity index (χ1v) is 9.80. The fourth-order valence-corrected chi connectivity index (χ4v) is 3.89. The van der Waals surface area contributed by atoms with Crippen LogP contribution in [0.2, 0.25) is 0 Å². The van der Waals surface area contributed by atoms with Crippen LogP contribution in [0.3, 0.4) is 0 Å². The highest BCUT2D eigenvalue weighted by molar-refractivity contribution is 7.89. The minimum absolute atomic E-state index is 0.00500. The summed E-state index contributed by atoms with van der Waals surface area (Å²) in [5.41, 5.74) is 1.21. The van der Waals surface area contributed by atoms with Crippen LogP contribution in [0.5, 0.6) is 0 Å². The monoisotopic (exact) mass is 354 g/mol. The first-order chi connectivity index (χ1) is 11.4. The summed E-state index contributed by atoms with van der Waals surface area (Å²) in [4.78, 5) is 12.1. The number of amides is 1. The molecule has 1 fully saturated rings. The van der Waals surface area contributed by atoms with Crippen LogP contribution < -0.4 is 5.32 Å². The van der Waals surface area contributed by atoms with Gasteiger partial charge in [0.25, 0.3) is 0 Å². The third-order valence-corrected chi connectivity index (χ3v) is 6.20. The molecule has 1 aromatic rings. The van der Waals surface area contributed by atoms with Gasteiger partial charge in [0, 0.05) is 26.4 Å². The lowest BCUT2D eigenvalue weighted by molar-refractivity contribution is -0.122. The molecular formula is C17H26N2O4S. The number of hydrogen-bond acceptors (Lipinski definition) is 4. The second-order valence-corrected chi connectivity index (χ2v) is 8.60. The molecule has 1 saturated heterocycles. The maximum atomic E-state index is 12.1. The van der Waals surface area contributed by atoms with Gasteiger partial charge in [-0.3, -0.25) is 4.79 Å². The van der Waals surface area contributed by atoms with E-state index in [1.54, 1.807) is 0 Å². The van der Waals surface area contributed by atoms with Crippen molar-refractivity contribution >= 4 is 15.9 Å². The van der Waals surface area contributed by atoms with E-state index >= 15 is 0 Å². The van der Waals surface area contributed by atoms with Gasteiger partial charge in [-0.15, -0.1) is 0 Å². The molecule has 7 heteroatoms. The fraction of sp³-hybridized carbons (Fsp3) is 0.588. The van der Waals surface area contributed by atoms with Crippen molar-refractivity contribution in [2.75, 3.05) is 33.1 Å². The summed E-state index contributed by atoms with van der Waals surface area (Å²) in [5, 5.41) is 2.93. The smallest absolute Gasteiger partial charge is 0.220 e. The molecule has 1 amide bonds. The molecule has 1 N–H and O–H groups in total. The minimum atomic E-state index is -3.30. The Kier molecular flexibility index (Phi) is 6.77. The number of sulfonamides is 1. The van der Waals surface area contributed by atoms with E-state index in [2.05, 4.69) is 5.32 Å². The summed E-state index contributed by atoms with van der Waals surface area (Å²) in [6, 6.07) is 9.81. The lowest BCUT2D eigenvalue weighted by Crippen LogP contribution is -2.43. The van der Waals surface area contributed by atoms with E-state index in [0.29, 0.717) is 19.6 Å². The van der Waals surface area contributed by atoms with Crippen LogP contribution in [0.15, 0.2) is 30.3 Å². The number of nitrogens with zero attached hydrogens (tertiary/aromatic N) is 1. The van der Waals surface area contributed by atoms with E-state index in [0.717, 1.165) is 12.8 Å². The normalized spacial score (nSPS) is 21.1. The van der Waals surface area contributed by atoms with Crippen LogP contribution in [-0.2, 0) is 26.0 Å². The average molecular weight is 354 g/mol. The van der Waals surface area contributed by atoms with Crippen LogP contribution in [0, 0.1) is 5.92 Å². The summed E-state index contributed by atoms with van der Waals surface area (Å²) in [6.07, 6.45) is 2.05. The zero-order valence-corrected chi connectivity index (χ0v) is 15.1. The standard InChI is InChI=1S/C17H26N2O4S/c1-19(2)24(21,22)13-15-11-23-12-16(15)18-17(20)10-6-9-14-7-4-3-5-8-14/h3-5,7-8,15-16H,6,9-13H2,1-2H3,(H,18,20)/t15-,16-/m0/s1. The maximum absolute atomic E-state index is 12.1. The van der Waals surface area contributed by atoms with Gasteiger partial charge >= 0.3 is 0 Å². The molecule has 0 saturated carbocycles. The van der Waals surface area contributed by atoms with Gasteiger partial charge in [0.05, 0.1) is 25.0 Å². The number of benzene rings is 1. The van der Waals surface area contributed by atoms with Crippen molar-refractivity contribution in [2.24, 2.45) is 5.92 Å². The summed E-state index contributed by atoms with van der Waals surface area (Å²) in [5.74, 6) is -0.251. The van der Waals surface area contributed by atoms with Crippen LogP contribution in [0.4, 0.5) is 0 Å². The highest BCUT2D eigenvalue weighted by atomic mass is 32.2. The first kappa shape index (κ1) is 18.9. The van der Waals surface area contributed by atoms with Gasteiger partial charge in [0.15, 0.2) is 0 Å². The number of aryl methyl sites for hydroxylation is 1. The molecule has 6 nitrogen and oxygen atoms in total. The zero-order chi connectivity index (χ0) is 17.6. The summed E-state index contributed by atoms with van der Waals surface area (Å²) in [6.45, 7) is 0.736.